The van der Waals surface area contributed by atoms with E-state index in [0.29, 0.717) is 5.56 Å². The first kappa shape index (κ1) is 9.35. The second-order valence-electron chi connectivity index (χ2n) is 2.26. The summed E-state index contributed by atoms with van der Waals surface area (Å²) in [6.45, 7) is -0.0575. The summed E-state index contributed by atoms with van der Waals surface area (Å²) >= 11 is 2.98. The van der Waals surface area contributed by atoms with Crippen molar-refractivity contribution in [3.63, 3.8) is 0 Å². The number of ketones is 1. The fourth-order valence-electron chi connectivity index (χ4n) is 0.787. The molecule has 0 saturated carbocycles. The van der Waals surface area contributed by atoms with Crippen LogP contribution in [-0.2, 0) is 0 Å². The van der Waals surface area contributed by atoms with Crippen LogP contribution in [0.15, 0.2) is 22.7 Å². The lowest BCUT2D eigenvalue weighted by molar-refractivity contribution is 0.100. The first-order chi connectivity index (χ1) is 5.65. The van der Waals surface area contributed by atoms with Gasteiger partial charge in [-0.2, -0.15) is 0 Å². The summed E-state index contributed by atoms with van der Waals surface area (Å²) in [7, 11) is 0. The van der Waals surface area contributed by atoms with Crippen LogP contribution in [0, 0.1) is 5.82 Å². The average molecular weight is 232 g/mol. The van der Waals surface area contributed by atoms with E-state index in [1.54, 1.807) is 0 Å². The van der Waals surface area contributed by atoms with E-state index in [0.717, 1.165) is 0 Å². The van der Waals surface area contributed by atoms with Crippen molar-refractivity contribution in [3.05, 3.63) is 34.1 Å². The first-order valence-corrected chi connectivity index (χ1v) is 4.12. The van der Waals surface area contributed by atoms with Gasteiger partial charge in [-0.15, -0.1) is 0 Å². The van der Waals surface area contributed by atoms with E-state index in [9.17, 15) is 9.18 Å². The summed E-state index contributed by atoms with van der Waals surface area (Å²) in [4.78, 5) is 11.0. The molecule has 2 N–H and O–H groups in total. The zero-order chi connectivity index (χ0) is 9.14. The van der Waals surface area contributed by atoms with Crippen LogP contribution in [0.25, 0.3) is 0 Å². The van der Waals surface area contributed by atoms with Crippen molar-refractivity contribution in [1.29, 1.82) is 0 Å². The molecule has 0 aliphatic heterocycles. The minimum Gasteiger partial charge on any atom is -0.324 e. The summed E-state index contributed by atoms with van der Waals surface area (Å²) in [5.41, 5.74) is 5.56. The normalized spacial score (nSPS) is 9.92. The molecule has 12 heavy (non-hydrogen) atoms. The van der Waals surface area contributed by atoms with Crippen molar-refractivity contribution < 1.29 is 9.18 Å². The number of carbonyl (C=O) groups is 1. The van der Waals surface area contributed by atoms with E-state index < -0.39 is 0 Å². The number of hydrogen-bond donors (Lipinski definition) is 1. The van der Waals surface area contributed by atoms with Gasteiger partial charge in [0.1, 0.15) is 5.82 Å². The third kappa shape index (κ3) is 1.89. The van der Waals surface area contributed by atoms with Crippen LogP contribution >= 0.6 is 15.9 Å². The van der Waals surface area contributed by atoms with Crippen LogP contribution in [-0.4, -0.2) is 12.3 Å². The van der Waals surface area contributed by atoms with Gasteiger partial charge in [-0.25, -0.2) is 4.39 Å². The highest BCUT2D eigenvalue weighted by Gasteiger charge is 2.05. The summed E-state index contributed by atoms with van der Waals surface area (Å²) in [5.74, 6) is -0.584. The van der Waals surface area contributed by atoms with Crippen LogP contribution in [0.3, 0.4) is 0 Å². The lowest BCUT2D eigenvalue weighted by atomic mass is 10.1. The minimum atomic E-state index is -0.386. The molecule has 0 fully saturated rings. The second kappa shape index (κ2) is 3.78. The number of rotatable bonds is 2. The number of hydrogen-bond acceptors (Lipinski definition) is 2. The number of Topliss-reactive ketones (excluding diaryl/α,β-unsaturated/α-hetero) is 1. The van der Waals surface area contributed by atoms with Crippen molar-refractivity contribution in [2.45, 2.75) is 0 Å². The maximum absolute atomic E-state index is 12.7. The third-order valence-electron chi connectivity index (χ3n) is 1.43. The van der Waals surface area contributed by atoms with E-state index in [2.05, 4.69) is 15.9 Å². The van der Waals surface area contributed by atoms with Gasteiger partial charge in [-0.05, 0) is 34.1 Å². The highest BCUT2D eigenvalue weighted by Crippen LogP contribution is 2.16. The molecule has 64 valence electrons. The number of halogens is 2. The molecule has 1 rings (SSSR count). The summed E-state index contributed by atoms with van der Waals surface area (Å²) in [6, 6.07) is 4.06. The minimum absolute atomic E-state index is 0.0575. The van der Waals surface area contributed by atoms with Crippen molar-refractivity contribution in [3.8, 4) is 0 Å². The Morgan fingerprint density at radius 3 is 2.75 bits per heavy atom. The van der Waals surface area contributed by atoms with Gasteiger partial charge < -0.3 is 5.73 Å². The van der Waals surface area contributed by atoms with Gasteiger partial charge >= 0.3 is 0 Å². The van der Waals surface area contributed by atoms with Crippen LogP contribution in [0.5, 0.6) is 0 Å². The quantitative estimate of drug-likeness (QED) is 0.789. The molecule has 0 amide bonds. The van der Waals surface area contributed by atoms with Crippen LogP contribution in [0.2, 0.25) is 0 Å². The zero-order valence-corrected chi connectivity index (χ0v) is 7.77. The Hall–Kier alpha value is -0.740. The van der Waals surface area contributed by atoms with Crippen molar-refractivity contribution in [1.82, 2.24) is 0 Å². The number of benzene rings is 1. The Morgan fingerprint density at radius 2 is 2.25 bits per heavy atom. The topological polar surface area (TPSA) is 43.1 Å². The Bertz CT molecular complexity index is 314. The highest BCUT2D eigenvalue weighted by molar-refractivity contribution is 9.10. The molecule has 0 aliphatic carbocycles. The molecule has 0 atom stereocenters. The molecule has 1 aromatic carbocycles. The van der Waals surface area contributed by atoms with Crippen LogP contribution in [0.1, 0.15) is 10.4 Å². The standard InChI is InChI=1S/C8H7BrFNO/c9-6-3-5(8(12)4-11)1-2-7(6)10/h1-3H,4,11H2. The van der Waals surface area contributed by atoms with E-state index in [4.69, 9.17) is 5.73 Å². The highest BCUT2D eigenvalue weighted by atomic mass is 79.9. The van der Waals surface area contributed by atoms with Gasteiger partial charge in [0.05, 0.1) is 11.0 Å². The molecule has 0 unspecified atom stereocenters. The monoisotopic (exact) mass is 231 g/mol. The van der Waals surface area contributed by atoms with E-state index in [1.165, 1.54) is 18.2 Å². The molecule has 0 saturated heterocycles. The Balaban J connectivity index is 3.05. The fraction of sp³-hybridized carbons (Fsp3) is 0.125. The second-order valence-corrected chi connectivity index (χ2v) is 3.11. The van der Waals surface area contributed by atoms with E-state index in [-0.39, 0.29) is 22.6 Å². The van der Waals surface area contributed by atoms with Gasteiger partial charge in [0.2, 0.25) is 0 Å². The van der Waals surface area contributed by atoms with Crippen LogP contribution in [0.4, 0.5) is 4.39 Å². The molecule has 0 radical (unpaired) electrons. The van der Waals surface area contributed by atoms with Crippen molar-refractivity contribution in [2.75, 3.05) is 6.54 Å². The predicted octanol–water partition coefficient (Wildman–Crippen LogP) is 1.73. The van der Waals surface area contributed by atoms with Gasteiger partial charge in [-0.3, -0.25) is 4.79 Å². The largest absolute Gasteiger partial charge is 0.324 e. The lowest BCUT2D eigenvalue weighted by Crippen LogP contribution is -2.13. The predicted molar refractivity (Wildman–Crippen MR) is 47.5 cm³/mol. The molecule has 0 aliphatic rings. The Labute approximate surface area is 77.7 Å². The van der Waals surface area contributed by atoms with Gasteiger partial charge in [0.25, 0.3) is 0 Å². The SMILES string of the molecule is NCC(=O)c1ccc(F)c(Br)c1. The van der Waals surface area contributed by atoms with E-state index >= 15 is 0 Å². The fourth-order valence-corrected chi connectivity index (χ4v) is 1.17. The smallest absolute Gasteiger partial charge is 0.176 e. The molecular weight excluding hydrogens is 225 g/mol. The molecule has 4 heteroatoms. The van der Waals surface area contributed by atoms with Gasteiger partial charge in [0, 0.05) is 5.56 Å². The third-order valence-corrected chi connectivity index (χ3v) is 2.03. The summed E-state index contributed by atoms with van der Waals surface area (Å²) in [6.07, 6.45) is 0. The number of nitrogens with two attached hydrogens (primary N) is 1. The van der Waals surface area contributed by atoms with E-state index in [1.807, 2.05) is 0 Å². The molecule has 0 aromatic heterocycles. The molecule has 0 heterocycles. The van der Waals surface area contributed by atoms with Crippen LogP contribution < -0.4 is 5.73 Å². The Morgan fingerprint density at radius 1 is 1.58 bits per heavy atom. The maximum Gasteiger partial charge on any atom is 0.176 e. The van der Waals surface area contributed by atoms with Crippen molar-refractivity contribution >= 4 is 21.7 Å². The summed E-state index contributed by atoms with van der Waals surface area (Å²) in [5, 5.41) is 0. The number of carbonyl (C=O) groups excluding carboxylic acids is 1. The molecule has 0 spiro atoms. The lowest BCUT2D eigenvalue weighted by Gasteiger charge is -1.98. The molecular formula is C8H7BrFNO. The van der Waals surface area contributed by atoms with Gasteiger partial charge in [-0.1, -0.05) is 0 Å². The first-order valence-electron chi connectivity index (χ1n) is 3.33. The molecule has 1 aromatic rings. The molecule has 0 bridgehead atoms. The maximum atomic E-state index is 12.7. The molecule has 2 nitrogen and oxygen atoms in total. The van der Waals surface area contributed by atoms with Gasteiger partial charge in [0.15, 0.2) is 5.78 Å². The zero-order valence-electron chi connectivity index (χ0n) is 6.18. The average Bonchev–Trinajstić information content (AvgIpc) is 2.08. The summed E-state index contributed by atoms with van der Waals surface area (Å²) < 4.78 is 13.0. The Kier molecular flexibility index (Phi) is 2.94. The van der Waals surface area contributed by atoms with Crippen molar-refractivity contribution in [2.24, 2.45) is 5.73 Å².